The van der Waals surface area contributed by atoms with Crippen LogP contribution in [-0.4, -0.2) is 27.3 Å². The zero-order valence-electron chi connectivity index (χ0n) is 21.8. The third-order valence-electron chi connectivity index (χ3n) is 5.82. The topological polar surface area (TPSA) is 93.4 Å². The molecule has 0 aliphatic rings. The maximum absolute atomic E-state index is 14.0. The van der Waals surface area contributed by atoms with Crippen molar-refractivity contribution in [2.45, 2.75) is 20.0 Å². The minimum atomic E-state index is -5.08. The highest BCUT2D eigenvalue weighted by Gasteiger charge is 2.40. The van der Waals surface area contributed by atoms with E-state index in [0.717, 1.165) is 6.07 Å². The van der Waals surface area contributed by atoms with E-state index >= 15 is 0 Å². The number of carbonyl (C=O) groups excluding carboxylic acids is 1. The number of halogens is 4. The van der Waals surface area contributed by atoms with Crippen molar-refractivity contribution in [1.82, 2.24) is 0 Å². The molecule has 0 fully saturated rings. The summed E-state index contributed by atoms with van der Waals surface area (Å²) in [6.07, 6.45) is -5.08. The number of aryl methyl sites for hydroxylation is 2. The first-order chi connectivity index (χ1) is 18.9. The average molecular weight is 579 g/mol. The van der Waals surface area contributed by atoms with Gasteiger partial charge in [-0.25, -0.2) is 4.79 Å². The summed E-state index contributed by atoms with van der Waals surface area (Å²) in [5.41, 5.74) is -0.433. The van der Waals surface area contributed by atoms with E-state index in [1.165, 1.54) is 57.7 Å². The number of alkyl halides is 3. The van der Waals surface area contributed by atoms with E-state index in [-0.39, 0.29) is 39.7 Å². The van der Waals surface area contributed by atoms with E-state index in [1.54, 1.807) is 13.8 Å². The van der Waals surface area contributed by atoms with Crippen LogP contribution in [-0.2, 0) is 6.18 Å². The van der Waals surface area contributed by atoms with Crippen LogP contribution in [0.1, 0.15) is 27.2 Å². The second-order valence-electron chi connectivity index (χ2n) is 8.52. The highest BCUT2D eigenvalue weighted by Crippen LogP contribution is 2.40. The maximum Gasteiger partial charge on any atom is 0.453 e. The minimum absolute atomic E-state index is 0.00401. The van der Waals surface area contributed by atoms with Crippen molar-refractivity contribution in [3.05, 3.63) is 80.2 Å². The van der Waals surface area contributed by atoms with Gasteiger partial charge in [-0.05, 0) is 61.4 Å². The number of hydrogen-bond donors (Lipinski definition) is 0. The summed E-state index contributed by atoms with van der Waals surface area (Å²) >= 11 is 6.13. The molecule has 12 heteroatoms. The Hall–Kier alpha value is -4.38. The van der Waals surface area contributed by atoms with Crippen LogP contribution in [0, 0.1) is 13.8 Å². The first kappa shape index (κ1) is 28.6. The van der Waals surface area contributed by atoms with Gasteiger partial charge in [0.2, 0.25) is 16.9 Å². The third-order valence-corrected chi connectivity index (χ3v) is 6.42. The van der Waals surface area contributed by atoms with Gasteiger partial charge in [-0.15, -0.1) is 0 Å². The number of fused-ring (bicyclic) bond motifs is 1. The van der Waals surface area contributed by atoms with Crippen LogP contribution in [0.2, 0.25) is 5.02 Å². The van der Waals surface area contributed by atoms with Crippen LogP contribution in [0.15, 0.2) is 51.7 Å². The Morgan fingerprint density at radius 2 is 1.45 bits per heavy atom. The molecule has 1 heterocycles. The molecule has 0 unspecified atom stereocenters. The van der Waals surface area contributed by atoms with E-state index in [0.29, 0.717) is 16.1 Å². The molecule has 0 amide bonds. The van der Waals surface area contributed by atoms with Crippen molar-refractivity contribution in [2.75, 3.05) is 21.3 Å². The predicted molar refractivity (Wildman–Crippen MR) is 140 cm³/mol. The standard InChI is InChI=1S/C28H22ClF3O8/c1-13-8-17(9-14(2)22(13)29)38-25-23(33)18-7-6-16(12-19(18)40-26(25)28(30,31)32)39-27(34)15-10-20(35-3)24(37-5)21(11-15)36-4/h6-12H,1-5H3. The maximum atomic E-state index is 14.0. The molecule has 0 bridgehead atoms. The smallest absolute Gasteiger partial charge is 0.453 e. The van der Waals surface area contributed by atoms with Gasteiger partial charge in [-0.2, -0.15) is 13.2 Å². The number of methoxy groups -OCH3 is 3. The fourth-order valence-corrected chi connectivity index (χ4v) is 4.06. The molecule has 4 rings (SSSR count). The Kier molecular flexibility index (Phi) is 7.88. The average Bonchev–Trinajstić information content (AvgIpc) is 2.91. The van der Waals surface area contributed by atoms with Gasteiger partial charge in [0, 0.05) is 11.1 Å². The predicted octanol–water partition coefficient (Wildman–Crippen LogP) is 7.12. The summed E-state index contributed by atoms with van der Waals surface area (Å²) in [6.45, 7) is 3.30. The molecule has 0 spiro atoms. The molecule has 3 aromatic carbocycles. The molecule has 1 aromatic heterocycles. The molecule has 0 aliphatic heterocycles. The normalized spacial score (nSPS) is 11.3. The molecule has 0 N–H and O–H groups in total. The Morgan fingerprint density at radius 3 is 1.98 bits per heavy atom. The molecule has 0 aliphatic carbocycles. The van der Waals surface area contributed by atoms with Crippen molar-refractivity contribution in [1.29, 1.82) is 0 Å². The summed E-state index contributed by atoms with van der Waals surface area (Å²) in [5, 5.41) is 0.195. The van der Waals surface area contributed by atoms with Crippen molar-refractivity contribution < 1.29 is 46.1 Å². The van der Waals surface area contributed by atoms with Gasteiger partial charge in [0.15, 0.2) is 11.5 Å². The molecule has 8 nitrogen and oxygen atoms in total. The summed E-state index contributed by atoms with van der Waals surface area (Å²) in [7, 11) is 4.12. The molecule has 0 saturated heterocycles. The van der Waals surface area contributed by atoms with Gasteiger partial charge in [0.25, 0.3) is 5.76 Å². The summed E-state index contributed by atoms with van der Waals surface area (Å²) in [4.78, 5) is 26.0. The molecule has 210 valence electrons. The lowest BCUT2D eigenvalue weighted by Crippen LogP contribution is -2.16. The van der Waals surface area contributed by atoms with Gasteiger partial charge in [0.1, 0.15) is 17.1 Å². The fourth-order valence-electron chi connectivity index (χ4n) is 3.95. The van der Waals surface area contributed by atoms with E-state index in [2.05, 4.69) is 0 Å². The van der Waals surface area contributed by atoms with E-state index in [9.17, 15) is 22.8 Å². The van der Waals surface area contributed by atoms with Crippen LogP contribution in [0.5, 0.6) is 34.5 Å². The van der Waals surface area contributed by atoms with Gasteiger partial charge in [-0.3, -0.25) is 4.79 Å². The molecule has 0 saturated carbocycles. The van der Waals surface area contributed by atoms with Crippen molar-refractivity contribution in [2.24, 2.45) is 0 Å². The largest absolute Gasteiger partial charge is 0.493 e. The molecular weight excluding hydrogens is 557 g/mol. The zero-order chi connectivity index (χ0) is 29.4. The molecule has 40 heavy (non-hydrogen) atoms. The number of hydrogen-bond acceptors (Lipinski definition) is 8. The minimum Gasteiger partial charge on any atom is -0.493 e. The van der Waals surface area contributed by atoms with Crippen LogP contribution < -0.4 is 29.1 Å². The fraction of sp³-hybridized carbons (Fsp3) is 0.214. The number of rotatable bonds is 7. The second-order valence-corrected chi connectivity index (χ2v) is 8.90. The van der Waals surface area contributed by atoms with Gasteiger partial charge in [0.05, 0.1) is 32.3 Å². The van der Waals surface area contributed by atoms with Crippen LogP contribution in [0.25, 0.3) is 11.0 Å². The van der Waals surface area contributed by atoms with E-state index in [4.69, 9.17) is 39.7 Å². The Bertz CT molecular complexity index is 1630. The van der Waals surface area contributed by atoms with Crippen molar-refractivity contribution in [3.63, 3.8) is 0 Å². The SMILES string of the molecule is COc1cc(C(=O)Oc2ccc3c(=O)c(Oc4cc(C)c(Cl)c(C)c4)c(C(F)(F)F)oc3c2)cc(OC)c1OC. The lowest BCUT2D eigenvalue weighted by Gasteiger charge is -2.15. The molecule has 0 radical (unpaired) electrons. The lowest BCUT2D eigenvalue weighted by molar-refractivity contribution is -0.154. The molecule has 0 atom stereocenters. The van der Waals surface area contributed by atoms with Crippen LogP contribution >= 0.6 is 11.6 Å². The second kappa shape index (κ2) is 11.0. The van der Waals surface area contributed by atoms with Crippen LogP contribution in [0.4, 0.5) is 13.2 Å². The first-order valence-electron chi connectivity index (χ1n) is 11.5. The Balaban J connectivity index is 1.75. The molecule has 4 aromatic rings. The Labute approximate surface area is 230 Å². The number of carbonyl (C=O) groups is 1. The number of ether oxygens (including phenoxy) is 5. The summed E-state index contributed by atoms with van der Waals surface area (Å²) in [6, 6.07) is 8.91. The van der Waals surface area contributed by atoms with Gasteiger partial charge in [-0.1, -0.05) is 11.6 Å². The highest BCUT2D eigenvalue weighted by atomic mass is 35.5. The quantitative estimate of drug-likeness (QED) is 0.169. The monoisotopic (exact) mass is 578 g/mol. The zero-order valence-corrected chi connectivity index (χ0v) is 22.6. The highest BCUT2D eigenvalue weighted by molar-refractivity contribution is 6.32. The third kappa shape index (κ3) is 5.50. The number of esters is 1. The summed E-state index contributed by atoms with van der Waals surface area (Å²) in [5.74, 6) is -3.15. The molecular formula is C28H22ClF3O8. The van der Waals surface area contributed by atoms with Gasteiger partial charge < -0.3 is 28.1 Å². The summed E-state index contributed by atoms with van der Waals surface area (Å²) < 4.78 is 73.4. The van der Waals surface area contributed by atoms with E-state index in [1.807, 2.05) is 0 Å². The van der Waals surface area contributed by atoms with Crippen molar-refractivity contribution >= 4 is 28.5 Å². The number of benzene rings is 3. The lowest BCUT2D eigenvalue weighted by atomic mass is 10.1. The van der Waals surface area contributed by atoms with Crippen molar-refractivity contribution in [3.8, 4) is 34.5 Å². The Morgan fingerprint density at radius 1 is 0.850 bits per heavy atom. The van der Waals surface area contributed by atoms with Crippen LogP contribution in [0.3, 0.4) is 0 Å². The van der Waals surface area contributed by atoms with E-state index < -0.39 is 34.7 Å². The van der Waals surface area contributed by atoms with Gasteiger partial charge >= 0.3 is 12.1 Å². The first-order valence-corrected chi connectivity index (χ1v) is 11.9.